The molecule has 0 aromatic heterocycles. The third-order valence-electron chi connectivity index (χ3n) is 3.92. The van der Waals surface area contributed by atoms with Gasteiger partial charge in [-0.3, -0.25) is 4.90 Å². The van der Waals surface area contributed by atoms with E-state index < -0.39 is 0 Å². The molecule has 0 spiro atoms. The van der Waals surface area contributed by atoms with E-state index >= 15 is 0 Å². The van der Waals surface area contributed by atoms with Crippen molar-refractivity contribution in [2.45, 2.75) is 25.5 Å². The van der Waals surface area contributed by atoms with Gasteiger partial charge in [-0.15, -0.1) is 0 Å². The summed E-state index contributed by atoms with van der Waals surface area (Å²) in [6.07, 6.45) is 2.03. The van der Waals surface area contributed by atoms with Gasteiger partial charge in [0.05, 0.1) is 0 Å². The molecule has 5 nitrogen and oxygen atoms in total. The second-order valence-electron chi connectivity index (χ2n) is 5.54. The van der Waals surface area contributed by atoms with E-state index in [9.17, 15) is 4.79 Å². The Bertz CT molecular complexity index is 438. The molecule has 2 rings (SSSR count). The molecule has 0 unspecified atom stereocenters. The van der Waals surface area contributed by atoms with Crippen LogP contribution < -0.4 is 5.73 Å². The van der Waals surface area contributed by atoms with Gasteiger partial charge in [-0.1, -0.05) is 30.3 Å². The Kier molecular flexibility index (Phi) is 6.02. The number of hydrogen-bond acceptors (Lipinski definition) is 4. The number of likely N-dealkylation sites (N-methyl/N-ethyl adjacent to an activating group) is 1. The van der Waals surface area contributed by atoms with Gasteiger partial charge in [0.15, 0.2) is 0 Å². The topological polar surface area (TPSA) is 58.8 Å². The molecule has 1 atom stereocenters. The van der Waals surface area contributed by atoms with Crippen molar-refractivity contribution in [1.29, 1.82) is 0 Å². The van der Waals surface area contributed by atoms with Crippen molar-refractivity contribution in [1.82, 2.24) is 9.80 Å². The van der Waals surface area contributed by atoms with Crippen molar-refractivity contribution in [3.8, 4) is 0 Å². The quantitative estimate of drug-likeness (QED) is 0.866. The van der Waals surface area contributed by atoms with Crippen LogP contribution in [-0.4, -0.2) is 55.2 Å². The van der Waals surface area contributed by atoms with Gasteiger partial charge in [0.1, 0.15) is 6.61 Å². The lowest BCUT2D eigenvalue weighted by atomic mass is 10.2. The molecule has 0 aliphatic carbocycles. The highest BCUT2D eigenvalue weighted by Crippen LogP contribution is 2.17. The van der Waals surface area contributed by atoms with Crippen LogP contribution >= 0.6 is 0 Å². The third-order valence-corrected chi connectivity index (χ3v) is 3.92. The summed E-state index contributed by atoms with van der Waals surface area (Å²) in [5, 5.41) is 0. The molecule has 0 radical (unpaired) electrons. The minimum atomic E-state index is -0.265. The summed E-state index contributed by atoms with van der Waals surface area (Å²) in [6, 6.07) is 10.1. The Balaban J connectivity index is 1.77. The average molecular weight is 291 g/mol. The lowest BCUT2D eigenvalue weighted by Crippen LogP contribution is -2.43. The van der Waals surface area contributed by atoms with Crippen LogP contribution in [0.25, 0.3) is 0 Å². The second-order valence-corrected chi connectivity index (χ2v) is 5.54. The lowest BCUT2D eigenvalue weighted by molar-refractivity contribution is 0.0947. The summed E-state index contributed by atoms with van der Waals surface area (Å²) in [6.45, 7) is 3.67. The minimum Gasteiger partial charge on any atom is -0.445 e. The van der Waals surface area contributed by atoms with Crippen LogP contribution in [0.1, 0.15) is 18.4 Å². The number of likely N-dealkylation sites (tertiary alicyclic amines) is 1. The molecular formula is C16H25N3O2. The maximum Gasteiger partial charge on any atom is 0.409 e. The Morgan fingerprint density at radius 3 is 2.90 bits per heavy atom. The molecule has 1 amide bonds. The highest BCUT2D eigenvalue weighted by atomic mass is 16.6. The van der Waals surface area contributed by atoms with Crippen LogP contribution in [0.3, 0.4) is 0 Å². The van der Waals surface area contributed by atoms with Crippen molar-refractivity contribution >= 4 is 6.09 Å². The van der Waals surface area contributed by atoms with E-state index in [-0.39, 0.29) is 6.09 Å². The predicted molar refractivity (Wildman–Crippen MR) is 82.9 cm³/mol. The monoisotopic (exact) mass is 291 g/mol. The Morgan fingerprint density at radius 1 is 1.43 bits per heavy atom. The summed E-state index contributed by atoms with van der Waals surface area (Å²) in [5.41, 5.74) is 6.63. The van der Waals surface area contributed by atoms with E-state index in [0.29, 0.717) is 25.7 Å². The summed E-state index contributed by atoms with van der Waals surface area (Å²) < 4.78 is 5.34. The van der Waals surface area contributed by atoms with Crippen molar-refractivity contribution < 1.29 is 9.53 Å². The Morgan fingerprint density at radius 2 is 2.19 bits per heavy atom. The standard InChI is InChI=1S/C16H25N3O2/c1-18(12-15-8-5-10-19(15)11-9-17)16(20)21-13-14-6-3-2-4-7-14/h2-4,6-7,15H,5,8-13,17H2,1H3/t15-/m0/s1. The number of rotatable bonds is 6. The summed E-state index contributed by atoms with van der Waals surface area (Å²) in [4.78, 5) is 16.1. The minimum absolute atomic E-state index is 0.265. The van der Waals surface area contributed by atoms with Gasteiger partial charge in [0, 0.05) is 32.7 Å². The van der Waals surface area contributed by atoms with Crippen LogP contribution in [0.15, 0.2) is 30.3 Å². The van der Waals surface area contributed by atoms with Gasteiger partial charge in [0.2, 0.25) is 0 Å². The largest absolute Gasteiger partial charge is 0.445 e. The first-order valence-corrected chi connectivity index (χ1v) is 7.56. The van der Waals surface area contributed by atoms with E-state index in [1.54, 1.807) is 11.9 Å². The van der Waals surface area contributed by atoms with Crippen LogP contribution in [0.4, 0.5) is 4.79 Å². The highest BCUT2D eigenvalue weighted by molar-refractivity contribution is 5.67. The molecule has 1 aromatic carbocycles. The van der Waals surface area contributed by atoms with Crippen LogP contribution in [0.2, 0.25) is 0 Å². The van der Waals surface area contributed by atoms with E-state index in [1.165, 1.54) is 6.42 Å². The van der Waals surface area contributed by atoms with E-state index in [1.807, 2.05) is 30.3 Å². The first-order valence-electron chi connectivity index (χ1n) is 7.56. The number of hydrogen-bond donors (Lipinski definition) is 1. The molecule has 0 saturated carbocycles. The lowest BCUT2D eigenvalue weighted by Gasteiger charge is -2.27. The van der Waals surface area contributed by atoms with Crippen molar-refractivity contribution in [2.75, 3.05) is 33.2 Å². The molecular weight excluding hydrogens is 266 g/mol. The molecule has 21 heavy (non-hydrogen) atoms. The molecule has 1 fully saturated rings. The number of carbonyl (C=O) groups excluding carboxylic acids is 1. The number of amides is 1. The zero-order chi connectivity index (χ0) is 15.1. The molecule has 0 bridgehead atoms. The molecule has 1 saturated heterocycles. The van der Waals surface area contributed by atoms with Gasteiger partial charge < -0.3 is 15.4 Å². The fourth-order valence-electron chi connectivity index (χ4n) is 2.78. The zero-order valence-electron chi connectivity index (χ0n) is 12.7. The summed E-state index contributed by atoms with van der Waals surface area (Å²) in [7, 11) is 1.80. The fraction of sp³-hybridized carbons (Fsp3) is 0.562. The number of ether oxygens (including phenoxy) is 1. The van der Waals surface area contributed by atoms with Gasteiger partial charge in [-0.25, -0.2) is 4.79 Å². The van der Waals surface area contributed by atoms with E-state index in [4.69, 9.17) is 10.5 Å². The number of nitrogens with zero attached hydrogens (tertiary/aromatic N) is 2. The molecule has 1 heterocycles. The van der Waals surface area contributed by atoms with Gasteiger partial charge in [-0.05, 0) is 24.9 Å². The highest BCUT2D eigenvalue weighted by Gasteiger charge is 2.26. The van der Waals surface area contributed by atoms with Gasteiger partial charge in [0.25, 0.3) is 0 Å². The fourth-order valence-corrected chi connectivity index (χ4v) is 2.78. The Labute approximate surface area is 126 Å². The molecule has 1 aromatic rings. The van der Waals surface area contributed by atoms with Crippen LogP contribution in [-0.2, 0) is 11.3 Å². The number of carbonyl (C=O) groups is 1. The third kappa shape index (κ3) is 4.72. The first kappa shape index (κ1) is 15.8. The molecule has 5 heteroatoms. The van der Waals surface area contributed by atoms with Crippen molar-refractivity contribution in [2.24, 2.45) is 5.73 Å². The normalized spacial score (nSPS) is 18.7. The average Bonchev–Trinajstić information content (AvgIpc) is 2.93. The predicted octanol–water partition coefficient (Wildman–Crippen LogP) is 1.68. The van der Waals surface area contributed by atoms with Gasteiger partial charge in [-0.2, -0.15) is 0 Å². The van der Waals surface area contributed by atoms with E-state index in [0.717, 1.165) is 25.1 Å². The van der Waals surface area contributed by atoms with Crippen molar-refractivity contribution in [3.63, 3.8) is 0 Å². The second kappa shape index (κ2) is 8.00. The number of nitrogens with two attached hydrogens (primary N) is 1. The maximum absolute atomic E-state index is 12.0. The molecule has 116 valence electrons. The van der Waals surface area contributed by atoms with E-state index in [2.05, 4.69) is 4.90 Å². The summed E-state index contributed by atoms with van der Waals surface area (Å²) in [5.74, 6) is 0. The molecule has 2 N–H and O–H groups in total. The van der Waals surface area contributed by atoms with Crippen LogP contribution in [0.5, 0.6) is 0 Å². The smallest absolute Gasteiger partial charge is 0.409 e. The Hall–Kier alpha value is -1.59. The zero-order valence-corrected chi connectivity index (χ0v) is 12.7. The first-order chi connectivity index (χ1) is 10.2. The van der Waals surface area contributed by atoms with Crippen LogP contribution in [0, 0.1) is 0 Å². The SMILES string of the molecule is CN(C[C@@H]1CCCN1CCN)C(=O)OCc1ccccc1. The number of benzene rings is 1. The summed E-state index contributed by atoms with van der Waals surface area (Å²) >= 11 is 0. The van der Waals surface area contributed by atoms with Crippen molar-refractivity contribution in [3.05, 3.63) is 35.9 Å². The van der Waals surface area contributed by atoms with Gasteiger partial charge >= 0.3 is 6.09 Å². The molecule has 1 aliphatic heterocycles. The maximum atomic E-state index is 12.0. The molecule has 1 aliphatic rings.